The lowest BCUT2D eigenvalue weighted by atomic mass is 10.1. The van der Waals surface area contributed by atoms with Crippen molar-refractivity contribution in [1.29, 1.82) is 0 Å². The van der Waals surface area contributed by atoms with Crippen LogP contribution in [0.1, 0.15) is 25.1 Å². The molecule has 1 saturated heterocycles. The second-order valence-electron chi connectivity index (χ2n) is 4.67. The van der Waals surface area contributed by atoms with E-state index in [1.165, 1.54) is 30.8 Å². The summed E-state index contributed by atoms with van der Waals surface area (Å²) < 4.78 is 2.05. The Balaban J connectivity index is 1.57. The van der Waals surface area contributed by atoms with E-state index in [-0.39, 0.29) is 0 Å². The average Bonchev–Trinajstić information content (AvgIpc) is 2.77. The van der Waals surface area contributed by atoms with E-state index in [1.807, 2.05) is 0 Å². The van der Waals surface area contributed by atoms with Gasteiger partial charge in [0.15, 0.2) is 0 Å². The van der Waals surface area contributed by atoms with Crippen LogP contribution in [0.5, 0.6) is 0 Å². The van der Waals surface area contributed by atoms with Crippen LogP contribution in [-0.4, -0.2) is 38.4 Å². The van der Waals surface area contributed by atoms with Crippen LogP contribution in [0.2, 0.25) is 0 Å². The van der Waals surface area contributed by atoms with Crippen molar-refractivity contribution in [1.82, 2.24) is 20.1 Å². The fraction of sp³-hybridized carbons (Fsp3) is 0.818. The van der Waals surface area contributed by atoms with Crippen molar-refractivity contribution >= 4 is 11.8 Å². The first-order valence-corrected chi connectivity index (χ1v) is 7.28. The smallest absolute Gasteiger partial charge is 0.138 e. The third-order valence-corrected chi connectivity index (χ3v) is 4.65. The van der Waals surface area contributed by atoms with Gasteiger partial charge < -0.3 is 5.32 Å². The van der Waals surface area contributed by atoms with E-state index in [0.29, 0.717) is 12.1 Å². The van der Waals surface area contributed by atoms with E-state index in [4.69, 9.17) is 0 Å². The normalized spacial score (nSPS) is 30.0. The number of aromatic nitrogens is 3. The van der Waals surface area contributed by atoms with Crippen molar-refractivity contribution in [2.75, 3.05) is 11.5 Å². The van der Waals surface area contributed by atoms with Gasteiger partial charge in [-0.1, -0.05) is 0 Å². The van der Waals surface area contributed by atoms with Crippen LogP contribution >= 0.6 is 11.8 Å². The molecule has 3 rings (SSSR count). The van der Waals surface area contributed by atoms with Crippen molar-refractivity contribution in [3.63, 3.8) is 0 Å². The molecule has 2 atom stereocenters. The van der Waals surface area contributed by atoms with Gasteiger partial charge >= 0.3 is 0 Å². The van der Waals surface area contributed by atoms with E-state index < -0.39 is 0 Å². The van der Waals surface area contributed by atoms with Gasteiger partial charge in [0.2, 0.25) is 0 Å². The molecular formula is C11H18N4S. The van der Waals surface area contributed by atoms with Crippen LogP contribution in [-0.2, 0) is 13.0 Å². The van der Waals surface area contributed by atoms with Crippen LogP contribution in [0.4, 0.5) is 0 Å². The Morgan fingerprint density at radius 2 is 2.38 bits per heavy atom. The molecule has 3 heterocycles. The number of nitrogens with one attached hydrogen (secondary N) is 1. The summed E-state index contributed by atoms with van der Waals surface area (Å²) >= 11 is 2.08. The fourth-order valence-electron chi connectivity index (χ4n) is 2.58. The van der Waals surface area contributed by atoms with Crippen LogP contribution in [0.3, 0.4) is 0 Å². The second kappa shape index (κ2) is 4.75. The number of thioether (sulfide) groups is 1. The first-order valence-electron chi connectivity index (χ1n) is 6.12. The molecule has 0 amide bonds. The summed E-state index contributed by atoms with van der Waals surface area (Å²) in [4.78, 5) is 4.26. The van der Waals surface area contributed by atoms with Crippen LogP contribution < -0.4 is 5.32 Å². The van der Waals surface area contributed by atoms with Crippen molar-refractivity contribution in [3.05, 3.63) is 12.2 Å². The maximum Gasteiger partial charge on any atom is 0.138 e. The first-order chi connectivity index (χ1) is 7.92. The molecule has 0 radical (unpaired) electrons. The molecule has 0 bridgehead atoms. The second-order valence-corrected chi connectivity index (χ2v) is 5.82. The van der Waals surface area contributed by atoms with Gasteiger partial charge in [0.1, 0.15) is 12.2 Å². The minimum Gasteiger partial charge on any atom is -0.309 e. The summed E-state index contributed by atoms with van der Waals surface area (Å²) in [5.74, 6) is 3.77. The average molecular weight is 238 g/mol. The quantitative estimate of drug-likeness (QED) is 0.837. The largest absolute Gasteiger partial charge is 0.309 e. The van der Waals surface area contributed by atoms with Gasteiger partial charge in [-0.05, 0) is 25.0 Å². The Labute approximate surface area is 100 Å². The number of fused-ring (bicyclic) bond motifs is 1. The van der Waals surface area contributed by atoms with E-state index in [9.17, 15) is 0 Å². The van der Waals surface area contributed by atoms with Crippen LogP contribution in [0.15, 0.2) is 6.33 Å². The van der Waals surface area contributed by atoms with Crippen molar-refractivity contribution < 1.29 is 0 Å². The molecule has 88 valence electrons. The topological polar surface area (TPSA) is 42.7 Å². The Morgan fingerprint density at radius 3 is 3.25 bits per heavy atom. The van der Waals surface area contributed by atoms with Crippen molar-refractivity contribution in [2.24, 2.45) is 0 Å². The van der Waals surface area contributed by atoms with Gasteiger partial charge in [0, 0.05) is 24.3 Å². The minimum atomic E-state index is 0.595. The van der Waals surface area contributed by atoms with E-state index in [1.54, 1.807) is 6.33 Å². The molecule has 2 aliphatic rings. The maximum atomic E-state index is 4.26. The predicted octanol–water partition coefficient (Wildman–Crippen LogP) is 1.08. The van der Waals surface area contributed by atoms with Gasteiger partial charge in [0.25, 0.3) is 0 Å². The SMILES string of the molecule is c1nc2n(n1)CC(NC1CCCSC1)CC2. The van der Waals surface area contributed by atoms with Crippen LogP contribution in [0, 0.1) is 0 Å². The molecule has 1 aromatic rings. The lowest BCUT2D eigenvalue weighted by molar-refractivity contribution is 0.325. The molecule has 0 saturated carbocycles. The summed E-state index contributed by atoms with van der Waals surface area (Å²) in [7, 11) is 0. The highest BCUT2D eigenvalue weighted by Gasteiger charge is 2.23. The number of rotatable bonds is 2. The molecule has 16 heavy (non-hydrogen) atoms. The van der Waals surface area contributed by atoms with Gasteiger partial charge in [-0.25, -0.2) is 9.67 Å². The van der Waals surface area contributed by atoms with Crippen molar-refractivity contribution in [3.8, 4) is 0 Å². The molecule has 5 heteroatoms. The molecule has 1 N–H and O–H groups in total. The third-order valence-electron chi connectivity index (χ3n) is 3.44. The molecule has 2 aliphatic heterocycles. The van der Waals surface area contributed by atoms with Crippen molar-refractivity contribution in [2.45, 2.75) is 44.3 Å². The minimum absolute atomic E-state index is 0.595. The first kappa shape index (κ1) is 10.6. The number of nitrogens with zero attached hydrogens (tertiary/aromatic N) is 3. The molecular weight excluding hydrogens is 220 g/mol. The maximum absolute atomic E-state index is 4.26. The molecule has 0 aliphatic carbocycles. The molecule has 1 aromatic heterocycles. The highest BCUT2D eigenvalue weighted by Crippen LogP contribution is 2.19. The van der Waals surface area contributed by atoms with Gasteiger partial charge in [-0.3, -0.25) is 0 Å². The third kappa shape index (κ3) is 2.25. The van der Waals surface area contributed by atoms with E-state index in [0.717, 1.165) is 18.8 Å². The number of hydrogen-bond donors (Lipinski definition) is 1. The number of hydrogen-bond acceptors (Lipinski definition) is 4. The highest BCUT2D eigenvalue weighted by atomic mass is 32.2. The molecule has 4 nitrogen and oxygen atoms in total. The van der Waals surface area contributed by atoms with Gasteiger partial charge in [0.05, 0.1) is 6.54 Å². The summed E-state index contributed by atoms with van der Waals surface area (Å²) in [6.07, 6.45) is 6.66. The highest BCUT2D eigenvalue weighted by molar-refractivity contribution is 7.99. The predicted molar refractivity (Wildman–Crippen MR) is 65.6 cm³/mol. The zero-order chi connectivity index (χ0) is 10.8. The standard InChI is InChI=1S/C11H18N4S/c1-2-10(7-16-5-1)14-9-3-4-11-12-8-13-15(11)6-9/h8-10,14H,1-7H2. The summed E-state index contributed by atoms with van der Waals surface area (Å²) in [5.41, 5.74) is 0. The lowest BCUT2D eigenvalue weighted by Gasteiger charge is -2.30. The lowest BCUT2D eigenvalue weighted by Crippen LogP contribution is -2.45. The Morgan fingerprint density at radius 1 is 1.38 bits per heavy atom. The summed E-state index contributed by atoms with van der Waals surface area (Å²) in [5, 5.41) is 8.04. The molecule has 0 spiro atoms. The summed E-state index contributed by atoms with van der Waals surface area (Å²) in [6.45, 7) is 0.997. The van der Waals surface area contributed by atoms with Crippen LogP contribution in [0.25, 0.3) is 0 Å². The van der Waals surface area contributed by atoms with Gasteiger partial charge in [-0.2, -0.15) is 16.9 Å². The zero-order valence-corrected chi connectivity index (χ0v) is 10.2. The van der Waals surface area contributed by atoms with E-state index >= 15 is 0 Å². The number of aryl methyl sites for hydroxylation is 1. The Bertz CT molecular complexity index is 346. The monoisotopic (exact) mass is 238 g/mol. The zero-order valence-electron chi connectivity index (χ0n) is 9.43. The molecule has 0 aromatic carbocycles. The Kier molecular flexibility index (Phi) is 3.15. The van der Waals surface area contributed by atoms with Gasteiger partial charge in [-0.15, -0.1) is 0 Å². The fourth-order valence-corrected chi connectivity index (χ4v) is 3.66. The summed E-state index contributed by atoms with van der Waals surface area (Å²) in [6, 6.07) is 1.31. The molecule has 1 fully saturated rings. The molecule has 2 unspecified atom stereocenters. The van der Waals surface area contributed by atoms with E-state index in [2.05, 4.69) is 31.8 Å². The Hall–Kier alpha value is -0.550.